The summed E-state index contributed by atoms with van der Waals surface area (Å²) in [5.74, 6) is -0.811. The number of rotatable bonds is 3. The number of amides is 2. The third-order valence-corrected chi connectivity index (χ3v) is 4.68. The fourth-order valence-corrected chi connectivity index (χ4v) is 3.22. The van der Waals surface area contributed by atoms with Gasteiger partial charge in [-0.25, -0.2) is 0 Å². The minimum atomic E-state index is -0.864. The van der Waals surface area contributed by atoms with Gasteiger partial charge in [-0.2, -0.15) is 0 Å². The molecule has 0 aliphatic carbocycles. The van der Waals surface area contributed by atoms with E-state index in [-0.39, 0.29) is 24.8 Å². The number of aliphatic hydroxyl groups is 1. The predicted octanol–water partition coefficient (Wildman–Crippen LogP) is 2.26. The topological polar surface area (TPSA) is 116 Å². The van der Waals surface area contributed by atoms with Gasteiger partial charge in [-0.1, -0.05) is 24.3 Å². The summed E-state index contributed by atoms with van der Waals surface area (Å²) < 4.78 is 0. The lowest BCUT2D eigenvalue weighted by atomic mass is 10.00. The molecule has 0 radical (unpaired) electrons. The minimum absolute atomic E-state index is 0.00465. The Hall–Kier alpha value is -3.19. The van der Waals surface area contributed by atoms with Crippen molar-refractivity contribution in [3.05, 3.63) is 58.7 Å². The van der Waals surface area contributed by atoms with Crippen molar-refractivity contribution in [2.45, 2.75) is 38.7 Å². The van der Waals surface area contributed by atoms with Gasteiger partial charge in [-0.3, -0.25) is 14.4 Å². The number of carbonyl (C=O) groups excluding carboxylic acids is 2. The summed E-state index contributed by atoms with van der Waals surface area (Å²) >= 11 is 0. The summed E-state index contributed by atoms with van der Waals surface area (Å²) in [7, 11) is 0. The molecule has 146 valence electrons. The molecule has 0 saturated heterocycles. The lowest BCUT2D eigenvalue weighted by molar-refractivity contribution is -0.136. The smallest absolute Gasteiger partial charge is 0.307 e. The molecule has 0 bridgehead atoms. The Morgan fingerprint density at radius 2 is 1.32 bits per heavy atom. The molecule has 4 N–H and O–H groups in total. The summed E-state index contributed by atoms with van der Waals surface area (Å²) in [6.07, 6.45) is 2.58. The van der Waals surface area contributed by atoms with E-state index in [0.717, 1.165) is 40.9 Å². The number of hydrogen-bond donors (Lipinski definition) is 4. The van der Waals surface area contributed by atoms with Gasteiger partial charge in [-0.15, -0.1) is 0 Å². The standard InChI is InChI=1S/C11H11NO3.C10H11NO2/c13-10-4-3-8-2-1-7(6-11(14)15)5-9(8)12-10;12-6-7-1-2-8-3-4-10(13)11-9(8)5-7/h1-2,5H,3-4,6H2,(H,12,13)(H,14,15);1-2,5,12H,3-4,6H2,(H,11,13). The molecule has 7 nitrogen and oxygen atoms in total. The number of benzene rings is 2. The Bertz CT molecular complexity index is 923. The predicted molar refractivity (Wildman–Crippen MR) is 104 cm³/mol. The number of fused-ring (bicyclic) bond motifs is 2. The largest absolute Gasteiger partial charge is 0.481 e. The second-order valence-electron chi connectivity index (χ2n) is 6.81. The number of nitrogens with one attached hydrogen (secondary N) is 2. The Morgan fingerprint density at radius 3 is 1.82 bits per heavy atom. The fraction of sp³-hybridized carbons (Fsp3) is 0.286. The van der Waals surface area contributed by atoms with E-state index in [4.69, 9.17) is 10.2 Å². The number of anilines is 2. The van der Waals surface area contributed by atoms with Crippen LogP contribution in [0.3, 0.4) is 0 Å². The molecule has 0 unspecified atom stereocenters. The normalized spacial score (nSPS) is 14.6. The van der Waals surface area contributed by atoms with Crippen LogP contribution in [0.5, 0.6) is 0 Å². The van der Waals surface area contributed by atoms with Gasteiger partial charge in [-0.05, 0) is 47.2 Å². The fourth-order valence-electron chi connectivity index (χ4n) is 3.22. The molecule has 2 aromatic rings. The van der Waals surface area contributed by atoms with Crippen LogP contribution >= 0.6 is 0 Å². The molecular weight excluding hydrogens is 360 g/mol. The van der Waals surface area contributed by atoms with Crippen molar-refractivity contribution in [1.29, 1.82) is 0 Å². The second-order valence-corrected chi connectivity index (χ2v) is 6.81. The second kappa shape index (κ2) is 8.67. The van der Waals surface area contributed by atoms with Crippen molar-refractivity contribution in [3.63, 3.8) is 0 Å². The first-order valence-electron chi connectivity index (χ1n) is 9.10. The average molecular weight is 382 g/mol. The number of aryl methyl sites for hydroxylation is 2. The molecule has 2 aliphatic heterocycles. The van der Waals surface area contributed by atoms with E-state index >= 15 is 0 Å². The van der Waals surface area contributed by atoms with E-state index in [1.165, 1.54) is 0 Å². The maximum Gasteiger partial charge on any atom is 0.307 e. The molecular formula is C21H22N2O5. The summed E-state index contributed by atoms with van der Waals surface area (Å²) in [6.45, 7) is 0.0170. The number of hydrogen-bond acceptors (Lipinski definition) is 4. The Balaban J connectivity index is 0.000000162. The van der Waals surface area contributed by atoms with Crippen molar-refractivity contribution in [2.75, 3.05) is 10.6 Å². The van der Waals surface area contributed by atoms with Crippen LogP contribution in [-0.2, 0) is 40.3 Å². The Labute approximate surface area is 162 Å². The van der Waals surface area contributed by atoms with Crippen LogP contribution in [-0.4, -0.2) is 28.0 Å². The molecule has 2 aromatic carbocycles. The highest BCUT2D eigenvalue weighted by Crippen LogP contribution is 2.24. The van der Waals surface area contributed by atoms with Crippen LogP contribution in [0.25, 0.3) is 0 Å². The number of carboxylic acids is 1. The van der Waals surface area contributed by atoms with Gasteiger partial charge in [0.25, 0.3) is 0 Å². The molecule has 28 heavy (non-hydrogen) atoms. The average Bonchev–Trinajstić information content (AvgIpc) is 2.67. The zero-order valence-electron chi connectivity index (χ0n) is 15.3. The maximum absolute atomic E-state index is 11.1. The molecule has 0 fully saturated rings. The van der Waals surface area contributed by atoms with Gasteiger partial charge in [0.05, 0.1) is 13.0 Å². The van der Waals surface area contributed by atoms with Crippen LogP contribution in [0.2, 0.25) is 0 Å². The third kappa shape index (κ3) is 4.95. The van der Waals surface area contributed by atoms with Gasteiger partial charge in [0, 0.05) is 24.2 Å². The highest BCUT2D eigenvalue weighted by Gasteiger charge is 2.15. The first-order valence-corrected chi connectivity index (χ1v) is 9.10. The number of aliphatic hydroxyl groups excluding tert-OH is 1. The molecule has 2 aliphatic rings. The van der Waals surface area contributed by atoms with Gasteiger partial charge in [0.1, 0.15) is 0 Å². The monoisotopic (exact) mass is 382 g/mol. The highest BCUT2D eigenvalue weighted by molar-refractivity contribution is 5.94. The van der Waals surface area contributed by atoms with Gasteiger partial charge >= 0.3 is 5.97 Å². The van der Waals surface area contributed by atoms with E-state index < -0.39 is 5.97 Å². The van der Waals surface area contributed by atoms with E-state index in [0.29, 0.717) is 18.4 Å². The Morgan fingerprint density at radius 1 is 0.821 bits per heavy atom. The Kier molecular flexibility index (Phi) is 6.06. The van der Waals surface area contributed by atoms with Crippen LogP contribution in [0.1, 0.15) is 35.1 Å². The van der Waals surface area contributed by atoms with Crippen molar-refractivity contribution in [3.8, 4) is 0 Å². The van der Waals surface area contributed by atoms with Gasteiger partial charge < -0.3 is 20.8 Å². The molecule has 4 rings (SSSR count). The zero-order valence-corrected chi connectivity index (χ0v) is 15.3. The van der Waals surface area contributed by atoms with Crippen molar-refractivity contribution in [2.24, 2.45) is 0 Å². The molecule has 0 atom stereocenters. The van der Waals surface area contributed by atoms with Crippen LogP contribution in [0, 0.1) is 0 Å². The van der Waals surface area contributed by atoms with E-state index in [2.05, 4.69) is 10.6 Å². The quantitative estimate of drug-likeness (QED) is 0.650. The molecule has 7 heteroatoms. The summed E-state index contributed by atoms with van der Waals surface area (Å²) in [6, 6.07) is 11.1. The van der Waals surface area contributed by atoms with Crippen molar-refractivity contribution >= 4 is 29.2 Å². The van der Waals surface area contributed by atoms with Crippen LogP contribution in [0.4, 0.5) is 11.4 Å². The van der Waals surface area contributed by atoms with E-state index in [1.807, 2.05) is 24.3 Å². The third-order valence-electron chi connectivity index (χ3n) is 4.68. The summed E-state index contributed by atoms with van der Waals surface area (Å²) in [4.78, 5) is 32.7. The number of carboxylic acid groups (broad SMARTS) is 1. The zero-order chi connectivity index (χ0) is 20.1. The molecule has 0 spiro atoms. The first kappa shape index (κ1) is 19.6. The molecule has 0 aromatic heterocycles. The summed E-state index contributed by atoms with van der Waals surface area (Å²) in [5.41, 5.74) is 5.37. The summed E-state index contributed by atoms with van der Waals surface area (Å²) in [5, 5.41) is 23.1. The van der Waals surface area contributed by atoms with Gasteiger partial charge in [0.2, 0.25) is 11.8 Å². The van der Waals surface area contributed by atoms with Gasteiger partial charge in [0.15, 0.2) is 0 Å². The molecule has 2 amide bonds. The molecule has 2 heterocycles. The maximum atomic E-state index is 11.1. The lowest BCUT2D eigenvalue weighted by Gasteiger charge is -2.17. The van der Waals surface area contributed by atoms with Crippen LogP contribution in [0.15, 0.2) is 36.4 Å². The molecule has 0 saturated carbocycles. The number of aliphatic carboxylic acids is 1. The minimum Gasteiger partial charge on any atom is -0.481 e. The van der Waals surface area contributed by atoms with Crippen LogP contribution < -0.4 is 10.6 Å². The lowest BCUT2D eigenvalue weighted by Crippen LogP contribution is -2.19. The van der Waals surface area contributed by atoms with Crippen molar-refractivity contribution < 1.29 is 24.6 Å². The highest BCUT2D eigenvalue weighted by atomic mass is 16.4. The van der Waals surface area contributed by atoms with E-state index in [1.54, 1.807) is 12.1 Å². The number of carbonyl (C=O) groups is 3. The van der Waals surface area contributed by atoms with Crippen molar-refractivity contribution in [1.82, 2.24) is 0 Å². The SMILES string of the molecule is O=C(O)Cc1ccc2c(c1)NC(=O)CC2.O=C1CCc2ccc(CO)cc2N1. The first-order chi connectivity index (χ1) is 13.4. The van der Waals surface area contributed by atoms with E-state index in [9.17, 15) is 14.4 Å².